The zero-order valence-corrected chi connectivity index (χ0v) is 18.0. The quantitative estimate of drug-likeness (QED) is 0.488. The summed E-state index contributed by atoms with van der Waals surface area (Å²) in [6, 6.07) is 13.8. The number of halogens is 2. The first kappa shape index (κ1) is 19.3. The summed E-state index contributed by atoms with van der Waals surface area (Å²) in [4.78, 5) is 12.0. The van der Waals surface area contributed by atoms with Gasteiger partial charge in [-0.1, -0.05) is 30.3 Å². The van der Waals surface area contributed by atoms with Gasteiger partial charge in [0.1, 0.15) is 18.0 Å². The van der Waals surface area contributed by atoms with Crippen LogP contribution in [0.1, 0.15) is 26.3 Å². The molecule has 0 aliphatic rings. The maximum Gasteiger partial charge on any atom is 0.412 e. The third-order valence-electron chi connectivity index (χ3n) is 2.92. The molecule has 0 unspecified atom stereocenters. The summed E-state index contributed by atoms with van der Waals surface area (Å²) in [7, 11) is 0. The van der Waals surface area contributed by atoms with Crippen molar-refractivity contribution in [2.45, 2.75) is 33.0 Å². The van der Waals surface area contributed by atoms with Gasteiger partial charge in [0.15, 0.2) is 0 Å². The van der Waals surface area contributed by atoms with Crippen molar-refractivity contribution in [1.82, 2.24) is 0 Å². The summed E-state index contributed by atoms with van der Waals surface area (Å²) in [5.41, 5.74) is 1.26. The molecule has 6 heteroatoms. The predicted molar refractivity (Wildman–Crippen MR) is 113 cm³/mol. The summed E-state index contributed by atoms with van der Waals surface area (Å²) < 4.78 is 13.0. The van der Waals surface area contributed by atoms with Crippen molar-refractivity contribution in [1.29, 1.82) is 0 Å². The molecule has 2 aromatic rings. The van der Waals surface area contributed by atoms with E-state index in [0.29, 0.717) is 12.3 Å². The third-order valence-corrected chi connectivity index (χ3v) is 4.89. The van der Waals surface area contributed by atoms with E-state index in [1.807, 2.05) is 63.2 Å². The molecule has 2 rings (SSSR count). The zero-order chi connectivity index (χ0) is 17.7. The first-order valence-electron chi connectivity index (χ1n) is 7.41. The molecule has 0 saturated heterocycles. The van der Waals surface area contributed by atoms with E-state index in [1.54, 1.807) is 0 Å². The SMILES string of the molecule is CC(C)(C)OC(=O)Nc1c(I)ccc(OCc2ccccc2)c1I. The van der Waals surface area contributed by atoms with Crippen LogP contribution in [0.15, 0.2) is 42.5 Å². The average Bonchev–Trinajstić information content (AvgIpc) is 2.50. The Morgan fingerprint density at radius 3 is 2.38 bits per heavy atom. The summed E-state index contributed by atoms with van der Waals surface area (Å²) in [5.74, 6) is 0.728. The number of amides is 1. The van der Waals surface area contributed by atoms with Gasteiger partial charge in [0.05, 0.1) is 9.26 Å². The zero-order valence-electron chi connectivity index (χ0n) is 13.7. The van der Waals surface area contributed by atoms with E-state index < -0.39 is 11.7 Å². The van der Waals surface area contributed by atoms with Gasteiger partial charge in [-0.15, -0.1) is 0 Å². The number of hydrogen-bond donors (Lipinski definition) is 1. The second kappa shape index (κ2) is 8.37. The van der Waals surface area contributed by atoms with Crippen molar-refractivity contribution < 1.29 is 14.3 Å². The highest BCUT2D eigenvalue weighted by Gasteiger charge is 2.19. The van der Waals surface area contributed by atoms with Gasteiger partial charge in [0.2, 0.25) is 0 Å². The lowest BCUT2D eigenvalue weighted by molar-refractivity contribution is 0.0635. The monoisotopic (exact) mass is 551 g/mol. The molecule has 2 aromatic carbocycles. The maximum atomic E-state index is 12.0. The van der Waals surface area contributed by atoms with E-state index >= 15 is 0 Å². The lowest BCUT2D eigenvalue weighted by atomic mass is 10.2. The van der Waals surface area contributed by atoms with Crippen molar-refractivity contribution in [3.63, 3.8) is 0 Å². The number of anilines is 1. The highest BCUT2D eigenvalue weighted by atomic mass is 127. The number of hydrogen-bond acceptors (Lipinski definition) is 3. The van der Waals surface area contributed by atoms with Gasteiger partial charge in [-0.2, -0.15) is 0 Å². The minimum absolute atomic E-state index is 0.474. The number of carbonyl (C=O) groups is 1. The predicted octanol–water partition coefficient (Wildman–Crippen LogP) is 5.82. The van der Waals surface area contributed by atoms with Crippen molar-refractivity contribution >= 4 is 57.0 Å². The van der Waals surface area contributed by atoms with Crippen molar-refractivity contribution in [2.24, 2.45) is 0 Å². The molecule has 0 bridgehead atoms. The van der Waals surface area contributed by atoms with Crippen LogP contribution in [-0.4, -0.2) is 11.7 Å². The first-order chi connectivity index (χ1) is 11.3. The fourth-order valence-electron chi connectivity index (χ4n) is 1.90. The van der Waals surface area contributed by atoms with E-state index in [2.05, 4.69) is 50.5 Å². The van der Waals surface area contributed by atoms with Crippen LogP contribution in [0.2, 0.25) is 0 Å². The van der Waals surface area contributed by atoms with Gasteiger partial charge in [-0.05, 0) is 83.6 Å². The molecule has 1 N–H and O–H groups in total. The van der Waals surface area contributed by atoms with Crippen LogP contribution in [0.25, 0.3) is 0 Å². The Labute approximate surface area is 169 Å². The van der Waals surface area contributed by atoms with Gasteiger partial charge < -0.3 is 9.47 Å². The topological polar surface area (TPSA) is 47.6 Å². The van der Waals surface area contributed by atoms with Crippen molar-refractivity contribution in [3.05, 3.63) is 55.2 Å². The smallest absolute Gasteiger partial charge is 0.412 e. The van der Waals surface area contributed by atoms with Crippen LogP contribution in [0.4, 0.5) is 10.5 Å². The molecule has 0 spiro atoms. The standard InChI is InChI=1S/C18H19I2NO3/c1-18(2,3)24-17(22)21-16-13(19)9-10-14(15(16)20)23-11-12-7-5-4-6-8-12/h4-10H,11H2,1-3H3,(H,21,22). The molecule has 128 valence electrons. The second-order valence-corrected chi connectivity index (χ2v) is 8.38. The summed E-state index contributed by atoms with van der Waals surface area (Å²) in [6.07, 6.45) is -0.474. The highest BCUT2D eigenvalue weighted by Crippen LogP contribution is 2.33. The van der Waals surface area contributed by atoms with Gasteiger partial charge in [0, 0.05) is 3.57 Å². The van der Waals surface area contributed by atoms with Crippen LogP contribution < -0.4 is 10.1 Å². The van der Waals surface area contributed by atoms with E-state index in [1.165, 1.54) is 0 Å². The normalized spacial score (nSPS) is 11.0. The summed E-state index contributed by atoms with van der Waals surface area (Å²) >= 11 is 4.36. The Bertz CT molecular complexity index is 712. The molecule has 0 radical (unpaired) electrons. The van der Waals surface area contributed by atoms with Crippen molar-refractivity contribution in [2.75, 3.05) is 5.32 Å². The van der Waals surface area contributed by atoms with Gasteiger partial charge in [-0.3, -0.25) is 5.32 Å². The lowest BCUT2D eigenvalue weighted by Crippen LogP contribution is -2.27. The number of ether oxygens (including phenoxy) is 2. The summed E-state index contributed by atoms with van der Waals surface area (Å²) in [5, 5.41) is 2.82. The molecule has 0 atom stereocenters. The number of benzene rings is 2. The van der Waals surface area contributed by atoms with Gasteiger partial charge in [-0.25, -0.2) is 4.79 Å². The fourth-order valence-corrected chi connectivity index (χ4v) is 3.76. The molecule has 1 amide bonds. The van der Waals surface area contributed by atoms with Crippen LogP contribution in [-0.2, 0) is 11.3 Å². The lowest BCUT2D eigenvalue weighted by Gasteiger charge is -2.21. The molecular weight excluding hydrogens is 532 g/mol. The van der Waals surface area contributed by atoms with Gasteiger partial charge in [0.25, 0.3) is 0 Å². The van der Waals surface area contributed by atoms with Crippen molar-refractivity contribution in [3.8, 4) is 5.75 Å². The minimum atomic E-state index is -0.539. The number of rotatable bonds is 4. The first-order valence-corrected chi connectivity index (χ1v) is 9.57. The molecule has 0 aliphatic heterocycles. The molecule has 0 heterocycles. The van der Waals surface area contributed by atoms with Crippen LogP contribution in [0.3, 0.4) is 0 Å². The number of nitrogens with one attached hydrogen (secondary N) is 1. The molecule has 0 aliphatic carbocycles. The highest BCUT2D eigenvalue weighted by molar-refractivity contribution is 14.1. The number of carbonyl (C=O) groups excluding carboxylic acids is 1. The Morgan fingerprint density at radius 2 is 1.75 bits per heavy atom. The van der Waals surface area contributed by atoms with Crippen LogP contribution in [0.5, 0.6) is 5.75 Å². The van der Waals surface area contributed by atoms with Gasteiger partial charge >= 0.3 is 6.09 Å². The summed E-state index contributed by atoms with van der Waals surface area (Å²) in [6.45, 7) is 5.98. The largest absolute Gasteiger partial charge is 0.488 e. The average molecular weight is 551 g/mol. The molecule has 0 saturated carbocycles. The Balaban J connectivity index is 2.13. The van der Waals surface area contributed by atoms with E-state index in [4.69, 9.17) is 9.47 Å². The molecule has 0 aromatic heterocycles. The second-order valence-electron chi connectivity index (χ2n) is 6.14. The minimum Gasteiger partial charge on any atom is -0.488 e. The van der Waals surface area contributed by atoms with Crippen LogP contribution >= 0.6 is 45.2 Å². The van der Waals surface area contributed by atoms with E-state index in [-0.39, 0.29) is 0 Å². The van der Waals surface area contributed by atoms with Crippen LogP contribution in [0, 0.1) is 7.14 Å². The fraction of sp³-hybridized carbons (Fsp3) is 0.278. The molecule has 24 heavy (non-hydrogen) atoms. The Morgan fingerprint density at radius 1 is 1.08 bits per heavy atom. The maximum absolute atomic E-state index is 12.0. The molecule has 0 fully saturated rings. The molecular formula is C18H19I2NO3. The third kappa shape index (κ3) is 5.80. The van der Waals surface area contributed by atoms with E-state index in [0.717, 1.165) is 18.5 Å². The Kier molecular flexibility index (Phi) is 6.73. The van der Waals surface area contributed by atoms with E-state index in [9.17, 15) is 4.79 Å². The Hall–Kier alpha value is -1.03. The molecule has 4 nitrogen and oxygen atoms in total.